The number of amides is 4. The minimum atomic E-state index is -0.463. The molecule has 7 heteroatoms. The van der Waals surface area contributed by atoms with Gasteiger partial charge in [-0.2, -0.15) is 0 Å². The van der Waals surface area contributed by atoms with Crippen LogP contribution in [0.2, 0.25) is 0 Å². The lowest BCUT2D eigenvalue weighted by Gasteiger charge is -2.32. The maximum absolute atomic E-state index is 12.3. The van der Waals surface area contributed by atoms with E-state index in [9.17, 15) is 14.4 Å². The van der Waals surface area contributed by atoms with Gasteiger partial charge >= 0.3 is 6.03 Å². The highest BCUT2D eigenvalue weighted by Crippen LogP contribution is 2.27. The van der Waals surface area contributed by atoms with Crippen molar-refractivity contribution in [2.45, 2.75) is 24.9 Å². The predicted molar refractivity (Wildman–Crippen MR) is 82.6 cm³/mol. The molecule has 0 saturated carbocycles. The summed E-state index contributed by atoms with van der Waals surface area (Å²) in [7, 11) is 0. The third-order valence-electron chi connectivity index (χ3n) is 4.02. The van der Waals surface area contributed by atoms with Crippen LogP contribution in [-0.2, 0) is 4.79 Å². The average molecular weight is 319 g/mol. The first-order valence-electron chi connectivity index (χ1n) is 7.19. The van der Waals surface area contributed by atoms with Crippen LogP contribution in [0.25, 0.3) is 0 Å². The molecule has 0 bridgehead atoms. The number of rotatable bonds is 4. The first-order valence-corrected chi connectivity index (χ1v) is 8.07. The molecule has 0 spiro atoms. The summed E-state index contributed by atoms with van der Waals surface area (Å²) in [5, 5.41) is 4.81. The van der Waals surface area contributed by atoms with Crippen LogP contribution < -0.4 is 5.32 Å². The lowest BCUT2D eigenvalue weighted by Crippen LogP contribution is -2.49. The number of nitrogens with one attached hydrogen (secondary N) is 1. The Balaban J connectivity index is 1.66. The SMILES string of the molecule is C=CCN1C(=O)C2CC(NC(=O)c3cccs3)CCN2C1=O. The van der Waals surface area contributed by atoms with E-state index in [-0.39, 0.29) is 30.4 Å². The third kappa shape index (κ3) is 2.52. The second-order valence-corrected chi connectivity index (χ2v) is 6.35. The molecule has 2 atom stereocenters. The molecule has 3 heterocycles. The van der Waals surface area contributed by atoms with Gasteiger partial charge in [0.05, 0.1) is 4.88 Å². The van der Waals surface area contributed by atoms with Crippen molar-refractivity contribution in [2.24, 2.45) is 0 Å². The van der Waals surface area contributed by atoms with Gasteiger partial charge in [0.15, 0.2) is 0 Å². The summed E-state index contributed by atoms with van der Waals surface area (Å²) in [6, 6.07) is 2.80. The zero-order valence-electron chi connectivity index (χ0n) is 12.0. The molecule has 2 aliphatic heterocycles. The molecule has 6 nitrogen and oxygen atoms in total. The minimum absolute atomic E-state index is 0.0868. The number of fused-ring (bicyclic) bond motifs is 1. The van der Waals surface area contributed by atoms with Gasteiger partial charge in [0, 0.05) is 19.1 Å². The number of carbonyl (C=O) groups excluding carboxylic acids is 3. The Hall–Kier alpha value is -2.15. The van der Waals surface area contributed by atoms with Crippen LogP contribution in [0, 0.1) is 0 Å². The molecule has 1 aromatic heterocycles. The van der Waals surface area contributed by atoms with Gasteiger partial charge in [0.1, 0.15) is 6.04 Å². The Bertz CT molecular complexity index is 614. The van der Waals surface area contributed by atoms with Crippen molar-refractivity contribution in [3.8, 4) is 0 Å². The fraction of sp³-hybridized carbons (Fsp3) is 0.400. The van der Waals surface area contributed by atoms with Crippen molar-refractivity contribution in [1.82, 2.24) is 15.1 Å². The molecule has 0 aliphatic carbocycles. The molecule has 116 valence electrons. The van der Waals surface area contributed by atoms with E-state index in [2.05, 4.69) is 11.9 Å². The second-order valence-electron chi connectivity index (χ2n) is 5.40. The molecule has 0 aromatic carbocycles. The van der Waals surface area contributed by atoms with Crippen LogP contribution in [0.3, 0.4) is 0 Å². The monoisotopic (exact) mass is 319 g/mol. The molecular weight excluding hydrogens is 302 g/mol. The van der Waals surface area contributed by atoms with E-state index in [0.717, 1.165) is 0 Å². The number of piperidine rings is 1. The van der Waals surface area contributed by atoms with Gasteiger partial charge in [0.2, 0.25) is 0 Å². The summed E-state index contributed by atoms with van der Waals surface area (Å²) in [6.45, 7) is 4.29. The summed E-state index contributed by atoms with van der Waals surface area (Å²) in [4.78, 5) is 40.0. The Labute approximate surface area is 132 Å². The Morgan fingerprint density at radius 1 is 1.50 bits per heavy atom. The second kappa shape index (κ2) is 5.92. The largest absolute Gasteiger partial charge is 0.348 e. The number of imide groups is 1. The van der Waals surface area contributed by atoms with E-state index in [4.69, 9.17) is 0 Å². The molecule has 1 aromatic rings. The summed E-state index contributed by atoms with van der Waals surface area (Å²) < 4.78 is 0. The topological polar surface area (TPSA) is 69.7 Å². The highest BCUT2D eigenvalue weighted by molar-refractivity contribution is 7.12. The van der Waals surface area contributed by atoms with Crippen molar-refractivity contribution in [2.75, 3.05) is 13.1 Å². The van der Waals surface area contributed by atoms with Crippen LogP contribution in [0.15, 0.2) is 30.2 Å². The van der Waals surface area contributed by atoms with Gasteiger partial charge in [0.25, 0.3) is 11.8 Å². The smallest absolute Gasteiger partial charge is 0.327 e. The minimum Gasteiger partial charge on any atom is -0.348 e. The highest BCUT2D eigenvalue weighted by Gasteiger charge is 2.47. The van der Waals surface area contributed by atoms with E-state index in [1.54, 1.807) is 17.0 Å². The van der Waals surface area contributed by atoms with Gasteiger partial charge < -0.3 is 10.2 Å². The summed E-state index contributed by atoms with van der Waals surface area (Å²) in [5.41, 5.74) is 0. The van der Waals surface area contributed by atoms with Crippen LogP contribution in [0.4, 0.5) is 4.79 Å². The molecule has 4 amide bonds. The first-order chi connectivity index (χ1) is 10.6. The van der Waals surface area contributed by atoms with Gasteiger partial charge in [-0.15, -0.1) is 17.9 Å². The van der Waals surface area contributed by atoms with E-state index in [0.29, 0.717) is 24.3 Å². The van der Waals surface area contributed by atoms with Gasteiger partial charge in [-0.05, 0) is 24.3 Å². The Morgan fingerprint density at radius 3 is 3.00 bits per heavy atom. The Kier molecular flexibility index (Phi) is 3.98. The van der Waals surface area contributed by atoms with Crippen molar-refractivity contribution in [3.63, 3.8) is 0 Å². The molecule has 2 aliphatic rings. The van der Waals surface area contributed by atoms with E-state index >= 15 is 0 Å². The van der Waals surface area contributed by atoms with Gasteiger partial charge in [-0.3, -0.25) is 14.5 Å². The standard InChI is InChI=1S/C15H17N3O3S/c1-2-6-18-14(20)11-9-10(5-7-17(11)15(18)21)16-13(19)12-4-3-8-22-12/h2-4,8,10-11H,1,5-7,9H2,(H,16,19). The maximum Gasteiger partial charge on any atom is 0.327 e. The predicted octanol–water partition coefficient (Wildman–Crippen LogP) is 1.46. The van der Waals surface area contributed by atoms with Crippen LogP contribution >= 0.6 is 11.3 Å². The summed E-state index contributed by atoms with van der Waals surface area (Å²) in [6.07, 6.45) is 2.67. The van der Waals surface area contributed by atoms with Gasteiger partial charge in [-0.1, -0.05) is 12.1 Å². The molecule has 2 unspecified atom stereocenters. The number of carbonyl (C=O) groups is 3. The molecule has 2 fully saturated rings. The first kappa shape index (κ1) is 14.8. The van der Waals surface area contributed by atoms with Gasteiger partial charge in [-0.25, -0.2) is 4.79 Å². The number of hydrogen-bond acceptors (Lipinski definition) is 4. The maximum atomic E-state index is 12.3. The molecule has 1 N–H and O–H groups in total. The fourth-order valence-corrected chi connectivity index (χ4v) is 3.58. The third-order valence-corrected chi connectivity index (χ3v) is 4.89. The average Bonchev–Trinajstić information content (AvgIpc) is 3.12. The van der Waals surface area contributed by atoms with Crippen molar-refractivity contribution >= 4 is 29.2 Å². The molecule has 2 saturated heterocycles. The van der Waals surface area contributed by atoms with Crippen LogP contribution in [0.1, 0.15) is 22.5 Å². The zero-order valence-corrected chi connectivity index (χ0v) is 12.8. The number of thiophene rings is 1. The zero-order chi connectivity index (χ0) is 15.7. The van der Waals surface area contributed by atoms with E-state index < -0.39 is 6.04 Å². The van der Waals surface area contributed by atoms with Crippen molar-refractivity contribution in [1.29, 1.82) is 0 Å². The lowest BCUT2D eigenvalue weighted by atomic mass is 9.98. The molecule has 22 heavy (non-hydrogen) atoms. The molecule has 3 rings (SSSR count). The van der Waals surface area contributed by atoms with Crippen LogP contribution in [-0.4, -0.2) is 52.8 Å². The normalized spacial score (nSPS) is 24.4. The van der Waals surface area contributed by atoms with Crippen molar-refractivity contribution < 1.29 is 14.4 Å². The number of hydrogen-bond donors (Lipinski definition) is 1. The summed E-state index contributed by atoms with van der Waals surface area (Å²) in [5.74, 6) is -0.312. The van der Waals surface area contributed by atoms with Crippen LogP contribution in [0.5, 0.6) is 0 Å². The number of nitrogens with zero attached hydrogens (tertiary/aromatic N) is 2. The summed E-state index contributed by atoms with van der Waals surface area (Å²) >= 11 is 1.38. The van der Waals surface area contributed by atoms with Crippen molar-refractivity contribution in [3.05, 3.63) is 35.0 Å². The highest BCUT2D eigenvalue weighted by atomic mass is 32.1. The lowest BCUT2D eigenvalue weighted by molar-refractivity contribution is -0.128. The molecule has 0 radical (unpaired) electrons. The molecular formula is C15H17N3O3S. The fourth-order valence-electron chi connectivity index (χ4n) is 2.95. The quantitative estimate of drug-likeness (QED) is 0.675. The van der Waals surface area contributed by atoms with E-state index in [1.807, 2.05) is 11.4 Å². The Morgan fingerprint density at radius 2 is 2.32 bits per heavy atom. The number of urea groups is 1. The van der Waals surface area contributed by atoms with E-state index in [1.165, 1.54) is 16.2 Å².